The molecule has 1 aromatic heterocycles. The van der Waals surface area contributed by atoms with Crippen LogP contribution in [0.4, 0.5) is 0 Å². The Labute approximate surface area is 113 Å². The van der Waals surface area contributed by atoms with Crippen molar-refractivity contribution in [3.63, 3.8) is 0 Å². The number of fused-ring (bicyclic) bond motifs is 1. The third kappa shape index (κ3) is 2.52. The Morgan fingerprint density at radius 3 is 2.95 bits per heavy atom. The summed E-state index contributed by atoms with van der Waals surface area (Å²) in [7, 11) is 0. The Balaban J connectivity index is 1.90. The highest BCUT2D eigenvalue weighted by atomic mass is 16.5. The van der Waals surface area contributed by atoms with Gasteiger partial charge in [-0.25, -0.2) is 4.98 Å². The number of carbonyl (C=O) groups excluding carboxylic acids is 1. The maximum absolute atomic E-state index is 12.1. The molecule has 0 spiro atoms. The highest BCUT2D eigenvalue weighted by Gasteiger charge is 2.31. The monoisotopic (exact) mass is 263 g/mol. The van der Waals surface area contributed by atoms with Gasteiger partial charge < -0.3 is 15.0 Å². The highest BCUT2D eigenvalue weighted by Crippen LogP contribution is 2.30. The van der Waals surface area contributed by atoms with Crippen LogP contribution >= 0.6 is 0 Å². The summed E-state index contributed by atoms with van der Waals surface area (Å²) in [5, 5.41) is 2.94. The molecule has 19 heavy (non-hydrogen) atoms. The lowest BCUT2D eigenvalue weighted by molar-refractivity contribution is 0.00981. The number of carbonyl (C=O) groups is 1. The first kappa shape index (κ1) is 12.7. The molecule has 5 heteroatoms. The first-order valence-corrected chi connectivity index (χ1v) is 7.04. The zero-order valence-electron chi connectivity index (χ0n) is 11.6. The van der Waals surface area contributed by atoms with Gasteiger partial charge in [0.05, 0.1) is 0 Å². The summed E-state index contributed by atoms with van der Waals surface area (Å²) in [6, 6.07) is 0. The number of rotatable bonds is 1. The van der Waals surface area contributed by atoms with Gasteiger partial charge in [-0.2, -0.15) is 0 Å². The number of aromatic amines is 1. The van der Waals surface area contributed by atoms with E-state index in [1.54, 1.807) is 0 Å². The topological polar surface area (TPSA) is 67.0 Å². The molecular weight excluding hydrogens is 242 g/mol. The second-order valence-electron chi connectivity index (χ2n) is 6.33. The lowest BCUT2D eigenvalue weighted by Gasteiger charge is -2.22. The zero-order chi connectivity index (χ0) is 13.5. The van der Waals surface area contributed by atoms with Gasteiger partial charge in [-0.05, 0) is 31.1 Å². The van der Waals surface area contributed by atoms with E-state index in [0.29, 0.717) is 12.2 Å². The minimum absolute atomic E-state index is 0.0246. The standard InChI is InChI=1S/C14H21N3O2/c1-14(2)7-9-11(13(18)15-8-14)17-12(16-9)10-5-3-4-6-19-10/h10H,3-8H2,1-2H3,(H,15,18)(H,16,17)/t10-/m1/s1. The van der Waals surface area contributed by atoms with Crippen molar-refractivity contribution >= 4 is 5.91 Å². The average Bonchev–Trinajstić information content (AvgIpc) is 2.76. The summed E-state index contributed by atoms with van der Waals surface area (Å²) in [5.74, 6) is 0.747. The Bertz CT molecular complexity index is 487. The van der Waals surface area contributed by atoms with Crippen LogP contribution in [0.25, 0.3) is 0 Å². The van der Waals surface area contributed by atoms with Crippen molar-refractivity contribution in [1.29, 1.82) is 0 Å². The van der Waals surface area contributed by atoms with Gasteiger partial charge in [0, 0.05) is 18.8 Å². The van der Waals surface area contributed by atoms with Crippen LogP contribution in [0, 0.1) is 5.41 Å². The van der Waals surface area contributed by atoms with Crippen molar-refractivity contribution in [1.82, 2.24) is 15.3 Å². The van der Waals surface area contributed by atoms with E-state index in [1.165, 1.54) is 0 Å². The molecular formula is C14H21N3O2. The zero-order valence-corrected chi connectivity index (χ0v) is 11.6. The van der Waals surface area contributed by atoms with E-state index in [9.17, 15) is 4.79 Å². The normalized spacial score (nSPS) is 26.4. The molecule has 2 aliphatic rings. The van der Waals surface area contributed by atoms with Gasteiger partial charge >= 0.3 is 0 Å². The Hall–Kier alpha value is -1.36. The van der Waals surface area contributed by atoms with E-state index in [2.05, 4.69) is 29.1 Å². The molecule has 1 atom stereocenters. The van der Waals surface area contributed by atoms with Gasteiger partial charge in [0.15, 0.2) is 0 Å². The van der Waals surface area contributed by atoms with Crippen LogP contribution in [-0.4, -0.2) is 29.0 Å². The van der Waals surface area contributed by atoms with Crippen LogP contribution in [0.2, 0.25) is 0 Å². The molecule has 1 aromatic rings. The number of H-pyrrole nitrogens is 1. The molecule has 0 aliphatic carbocycles. The Morgan fingerprint density at radius 1 is 1.37 bits per heavy atom. The predicted octanol–water partition coefficient (Wildman–Crippen LogP) is 1.96. The third-order valence-corrected chi connectivity index (χ3v) is 3.88. The molecule has 0 saturated carbocycles. The number of imidazole rings is 1. The summed E-state index contributed by atoms with van der Waals surface area (Å²) < 4.78 is 5.73. The van der Waals surface area contributed by atoms with Gasteiger partial charge in [-0.15, -0.1) is 0 Å². The summed E-state index contributed by atoms with van der Waals surface area (Å²) in [4.78, 5) is 19.9. The van der Waals surface area contributed by atoms with Crippen LogP contribution in [0.3, 0.4) is 0 Å². The van der Waals surface area contributed by atoms with Gasteiger partial charge in [0.2, 0.25) is 0 Å². The Morgan fingerprint density at radius 2 is 2.21 bits per heavy atom. The Kier molecular flexibility index (Phi) is 3.09. The van der Waals surface area contributed by atoms with Gasteiger partial charge in [-0.3, -0.25) is 4.79 Å². The largest absolute Gasteiger partial charge is 0.370 e. The van der Waals surface area contributed by atoms with Crippen LogP contribution in [0.15, 0.2) is 0 Å². The second-order valence-corrected chi connectivity index (χ2v) is 6.33. The van der Waals surface area contributed by atoms with Crippen molar-refractivity contribution in [3.05, 3.63) is 17.2 Å². The summed E-state index contributed by atoms with van der Waals surface area (Å²) in [6.45, 7) is 5.78. The van der Waals surface area contributed by atoms with E-state index in [4.69, 9.17) is 4.74 Å². The average molecular weight is 263 g/mol. The van der Waals surface area contributed by atoms with Crippen molar-refractivity contribution in [2.75, 3.05) is 13.2 Å². The number of hydrogen-bond donors (Lipinski definition) is 2. The number of nitrogens with one attached hydrogen (secondary N) is 2. The predicted molar refractivity (Wildman–Crippen MR) is 70.9 cm³/mol. The number of hydrogen-bond acceptors (Lipinski definition) is 3. The highest BCUT2D eigenvalue weighted by molar-refractivity contribution is 5.93. The molecule has 0 unspecified atom stereocenters. The van der Waals surface area contributed by atoms with Crippen LogP contribution in [-0.2, 0) is 11.2 Å². The lowest BCUT2D eigenvalue weighted by atomic mass is 9.88. The molecule has 1 amide bonds. The summed E-state index contributed by atoms with van der Waals surface area (Å²) in [5.41, 5.74) is 1.55. The molecule has 3 rings (SSSR count). The molecule has 0 aromatic carbocycles. The quantitative estimate of drug-likeness (QED) is 0.814. The molecule has 0 radical (unpaired) electrons. The van der Waals surface area contributed by atoms with E-state index in [0.717, 1.165) is 43.8 Å². The maximum atomic E-state index is 12.1. The third-order valence-electron chi connectivity index (χ3n) is 3.88. The summed E-state index contributed by atoms with van der Waals surface area (Å²) in [6.07, 6.45) is 4.12. The smallest absolute Gasteiger partial charge is 0.271 e. The van der Waals surface area contributed by atoms with Crippen molar-refractivity contribution < 1.29 is 9.53 Å². The number of amides is 1. The molecule has 3 heterocycles. The minimum atomic E-state index is -0.0705. The SMILES string of the molecule is CC1(C)CNC(=O)c2nc([C@H]3CCCCO3)[nH]c2C1. The molecule has 2 N–H and O–H groups in total. The number of ether oxygens (including phenoxy) is 1. The molecule has 104 valence electrons. The minimum Gasteiger partial charge on any atom is -0.370 e. The van der Waals surface area contributed by atoms with Crippen LogP contribution in [0.5, 0.6) is 0 Å². The molecule has 1 fully saturated rings. The van der Waals surface area contributed by atoms with Gasteiger partial charge in [-0.1, -0.05) is 13.8 Å². The summed E-state index contributed by atoms with van der Waals surface area (Å²) >= 11 is 0. The molecule has 5 nitrogen and oxygen atoms in total. The fourth-order valence-electron chi connectivity index (χ4n) is 2.80. The van der Waals surface area contributed by atoms with E-state index in [1.807, 2.05) is 0 Å². The van der Waals surface area contributed by atoms with Crippen LogP contribution in [0.1, 0.15) is 61.2 Å². The lowest BCUT2D eigenvalue weighted by Crippen LogP contribution is -2.32. The molecule has 1 saturated heterocycles. The maximum Gasteiger partial charge on any atom is 0.271 e. The van der Waals surface area contributed by atoms with Crippen molar-refractivity contribution in [3.8, 4) is 0 Å². The first-order valence-electron chi connectivity index (χ1n) is 7.04. The fourth-order valence-corrected chi connectivity index (χ4v) is 2.80. The van der Waals surface area contributed by atoms with Gasteiger partial charge in [0.25, 0.3) is 5.91 Å². The number of aromatic nitrogens is 2. The second kappa shape index (κ2) is 4.63. The van der Waals surface area contributed by atoms with E-state index < -0.39 is 0 Å². The van der Waals surface area contributed by atoms with Crippen molar-refractivity contribution in [2.45, 2.75) is 45.6 Å². The van der Waals surface area contributed by atoms with E-state index in [-0.39, 0.29) is 17.4 Å². The first-order chi connectivity index (χ1) is 9.05. The molecule has 0 bridgehead atoms. The molecule has 2 aliphatic heterocycles. The van der Waals surface area contributed by atoms with Gasteiger partial charge in [0.1, 0.15) is 17.6 Å². The fraction of sp³-hybridized carbons (Fsp3) is 0.714. The number of nitrogens with zero attached hydrogens (tertiary/aromatic N) is 1. The van der Waals surface area contributed by atoms with E-state index >= 15 is 0 Å². The van der Waals surface area contributed by atoms with Crippen molar-refractivity contribution in [2.24, 2.45) is 5.41 Å². The van der Waals surface area contributed by atoms with Crippen LogP contribution < -0.4 is 5.32 Å².